The van der Waals surface area contributed by atoms with Crippen molar-refractivity contribution in [2.45, 2.75) is 59.5 Å². The van der Waals surface area contributed by atoms with Crippen LogP contribution in [0.1, 0.15) is 52.5 Å². The summed E-state index contributed by atoms with van der Waals surface area (Å²) in [5.41, 5.74) is 6.87. The van der Waals surface area contributed by atoms with Crippen LogP contribution in [0.4, 0.5) is 5.82 Å². The molecule has 3 unspecified atom stereocenters. The highest BCUT2D eigenvalue weighted by atomic mass is 16.5. The maximum absolute atomic E-state index is 6.27. The molecule has 0 radical (unpaired) electrons. The van der Waals surface area contributed by atoms with Gasteiger partial charge in [0.1, 0.15) is 18.2 Å². The van der Waals surface area contributed by atoms with Gasteiger partial charge in [0, 0.05) is 0 Å². The molecule has 0 bridgehead atoms. The summed E-state index contributed by atoms with van der Waals surface area (Å²) in [5, 5.41) is 0. The predicted octanol–water partition coefficient (Wildman–Crippen LogP) is 3.46. The second-order valence-electron chi connectivity index (χ2n) is 6.38. The van der Waals surface area contributed by atoms with Gasteiger partial charge in [0.2, 0.25) is 5.88 Å². The van der Waals surface area contributed by atoms with Crippen LogP contribution in [0.5, 0.6) is 5.88 Å². The Morgan fingerprint density at radius 1 is 1.35 bits per heavy atom. The smallest absolute Gasteiger partial charge is 0.222 e. The average molecular weight is 277 g/mol. The maximum atomic E-state index is 6.27. The van der Waals surface area contributed by atoms with Gasteiger partial charge in [-0.2, -0.15) is 0 Å². The minimum atomic E-state index is 0.248. The fourth-order valence-electron chi connectivity index (χ4n) is 3.24. The van der Waals surface area contributed by atoms with Crippen molar-refractivity contribution >= 4 is 5.82 Å². The number of ether oxygens (including phenoxy) is 1. The van der Waals surface area contributed by atoms with Crippen molar-refractivity contribution in [1.29, 1.82) is 0 Å². The number of nitrogens with zero attached hydrogens (tertiary/aromatic N) is 2. The van der Waals surface area contributed by atoms with Gasteiger partial charge < -0.3 is 10.5 Å². The Morgan fingerprint density at radius 2 is 2.10 bits per heavy atom. The zero-order chi connectivity index (χ0) is 14.7. The Kier molecular flexibility index (Phi) is 4.84. The molecule has 2 N–H and O–H groups in total. The molecule has 1 fully saturated rings. The van der Waals surface area contributed by atoms with E-state index in [1.54, 1.807) is 0 Å². The van der Waals surface area contributed by atoms with Crippen LogP contribution in [-0.2, 0) is 6.42 Å². The molecule has 4 nitrogen and oxygen atoms in total. The fraction of sp³-hybridized carbons (Fsp3) is 0.750. The molecule has 0 aromatic carbocycles. The van der Waals surface area contributed by atoms with Crippen molar-refractivity contribution in [2.24, 2.45) is 17.8 Å². The van der Waals surface area contributed by atoms with Crippen molar-refractivity contribution in [2.75, 3.05) is 5.73 Å². The third-order valence-corrected chi connectivity index (χ3v) is 4.52. The molecule has 1 heterocycles. The number of hydrogen-bond donors (Lipinski definition) is 1. The molecule has 1 aliphatic carbocycles. The van der Waals surface area contributed by atoms with Crippen LogP contribution < -0.4 is 10.5 Å². The quantitative estimate of drug-likeness (QED) is 0.915. The van der Waals surface area contributed by atoms with Gasteiger partial charge in [-0.05, 0) is 37.0 Å². The van der Waals surface area contributed by atoms with Crippen molar-refractivity contribution in [3.05, 3.63) is 11.9 Å². The number of anilines is 1. The van der Waals surface area contributed by atoms with E-state index < -0.39 is 0 Å². The molecule has 0 amide bonds. The fourth-order valence-corrected chi connectivity index (χ4v) is 3.24. The van der Waals surface area contributed by atoms with Crippen LogP contribution in [0.25, 0.3) is 0 Å². The van der Waals surface area contributed by atoms with Gasteiger partial charge >= 0.3 is 0 Å². The average Bonchev–Trinajstić information content (AvgIpc) is 2.38. The lowest BCUT2D eigenvalue weighted by Gasteiger charge is -2.37. The van der Waals surface area contributed by atoms with E-state index in [2.05, 4.69) is 37.7 Å². The molecule has 1 aromatic rings. The number of nitrogens with two attached hydrogens (primary N) is 1. The first kappa shape index (κ1) is 15.1. The second kappa shape index (κ2) is 6.42. The van der Waals surface area contributed by atoms with Gasteiger partial charge in [0.15, 0.2) is 0 Å². The van der Waals surface area contributed by atoms with Gasteiger partial charge in [0.05, 0.1) is 5.56 Å². The first-order chi connectivity index (χ1) is 9.52. The molecule has 0 saturated heterocycles. The standard InChI is InChI=1S/C16H27N3O/c1-5-12-15(17)18-9-19-16(12)20-14-8-11(4)6-7-13(14)10(2)3/h9-11,13-14H,5-8H2,1-4H3,(H2,17,18,19). The molecule has 0 spiro atoms. The molecular formula is C16H27N3O. The summed E-state index contributed by atoms with van der Waals surface area (Å²) in [6.45, 7) is 8.94. The van der Waals surface area contributed by atoms with Crippen LogP contribution in [0.3, 0.4) is 0 Å². The zero-order valence-corrected chi connectivity index (χ0v) is 13.1. The molecule has 1 aromatic heterocycles. The van der Waals surface area contributed by atoms with Gasteiger partial charge in [-0.3, -0.25) is 0 Å². The van der Waals surface area contributed by atoms with Crippen molar-refractivity contribution in [1.82, 2.24) is 9.97 Å². The highest BCUT2D eigenvalue weighted by molar-refractivity contribution is 5.44. The summed E-state index contributed by atoms with van der Waals surface area (Å²) in [4.78, 5) is 8.37. The number of aromatic nitrogens is 2. The van der Waals surface area contributed by atoms with Gasteiger partial charge in [-0.15, -0.1) is 0 Å². The number of hydrogen-bond acceptors (Lipinski definition) is 4. The third kappa shape index (κ3) is 3.22. The molecule has 3 atom stereocenters. The minimum absolute atomic E-state index is 0.248. The van der Waals surface area contributed by atoms with Crippen LogP contribution in [0, 0.1) is 17.8 Å². The van der Waals surface area contributed by atoms with Crippen LogP contribution in [0.2, 0.25) is 0 Å². The lowest BCUT2D eigenvalue weighted by atomic mass is 9.75. The topological polar surface area (TPSA) is 61.0 Å². The van der Waals surface area contributed by atoms with Gasteiger partial charge in [0.25, 0.3) is 0 Å². The summed E-state index contributed by atoms with van der Waals surface area (Å²) in [6, 6.07) is 0. The van der Waals surface area contributed by atoms with Crippen molar-refractivity contribution in [3.63, 3.8) is 0 Å². The van der Waals surface area contributed by atoms with Crippen LogP contribution in [0.15, 0.2) is 6.33 Å². The summed E-state index contributed by atoms with van der Waals surface area (Å²) in [5.74, 6) is 3.19. The number of rotatable bonds is 4. The minimum Gasteiger partial charge on any atom is -0.474 e. The summed E-state index contributed by atoms with van der Waals surface area (Å²) >= 11 is 0. The maximum Gasteiger partial charge on any atom is 0.222 e. The van der Waals surface area contributed by atoms with E-state index >= 15 is 0 Å². The summed E-state index contributed by atoms with van der Waals surface area (Å²) in [7, 11) is 0. The Labute approximate surface area is 122 Å². The first-order valence-electron chi connectivity index (χ1n) is 7.78. The van der Waals surface area contributed by atoms with Crippen molar-refractivity contribution < 1.29 is 4.74 Å². The Hall–Kier alpha value is -1.32. The van der Waals surface area contributed by atoms with E-state index in [-0.39, 0.29) is 6.10 Å². The van der Waals surface area contributed by atoms with Crippen molar-refractivity contribution in [3.8, 4) is 5.88 Å². The molecule has 4 heteroatoms. The SMILES string of the molecule is CCc1c(N)ncnc1OC1CC(C)CCC1C(C)C. The van der Waals surface area contributed by atoms with E-state index in [9.17, 15) is 0 Å². The largest absolute Gasteiger partial charge is 0.474 e. The molecule has 0 aliphatic heterocycles. The van der Waals surface area contributed by atoms with E-state index in [1.807, 2.05) is 0 Å². The van der Waals surface area contributed by atoms with E-state index in [1.165, 1.54) is 19.2 Å². The second-order valence-corrected chi connectivity index (χ2v) is 6.38. The normalized spacial score (nSPS) is 26.8. The van der Waals surface area contributed by atoms with Gasteiger partial charge in [-0.25, -0.2) is 9.97 Å². The Morgan fingerprint density at radius 3 is 2.75 bits per heavy atom. The molecule has 1 saturated carbocycles. The van der Waals surface area contributed by atoms with E-state index in [0.29, 0.717) is 23.5 Å². The molecule has 2 rings (SSSR count). The van der Waals surface area contributed by atoms with Crippen LogP contribution in [-0.4, -0.2) is 16.1 Å². The first-order valence-corrected chi connectivity index (χ1v) is 7.78. The lowest BCUT2D eigenvalue weighted by molar-refractivity contribution is 0.0419. The molecule has 112 valence electrons. The van der Waals surface area contributed by atoms with Gasteiger partial charge in [-0.1, -0.05) is 34.1 Å². The predicted molar refractivity (Wildman–Crippen MR) is 81.6 cm³/mol. The zero-order valence-electron chi connectivity index (χ0n) is 13.1. The Bertz CT molecular complexity index is 447. The summed E-state index contributed by atoms with van der Waals surface area (Å²) < 4.78 is 6.27. The molecular weight excluding hydrogens is 250 g/mol. The third-order valence-electron chi connectivity index (χ3n) is 4.52. The number of nitrogen functional groups attached to an aromatic ring is 1. The molecule has 20 heavy (non-hydrogen) atoms. The monoisotopic (exact) mass is 277 g/mol. The molecule has 1 aliphatic rings. The van der Waals surface area contributed by atoms with E-state index in [0.717, 1.165) is 24.3 Å². The van der Waals surface area contributed by atoms with E-state index in [4.69, 9.17) is 10.5 Å². The Balaban J connectivity index is 2.20. The summed E-state index contributed by atoms with van der Waals surface area (Å²) in [6.07, 6.45) is 6.20. The highest BCUT2D eigenvalue weighted by Gasteiger charge is 2.33. The highest BCUT2D eigenvalue weighted by Crippen LogP contribution is 2.36. The lowest BCUT2D eigenvalue weighted by Crippen LogP contribution is -2.36. The van der Waals surface area contributed by atoms with Crippen LogP contribution >= 0.6 is 0 Å².